The molecule has 0 radical (unpaired) electrons. The first-order valence-corrected chi connectivity index (χ1v) is 4.70. The number of hydrogen-bond acceptors (Lipinski definition) is 3. The first kappa shape index (κ1) is 11.2. The Morgan fingerprint density at radius 2 is 2.33 bits per heavy atom. The van der Waals surface area contributed by atoms with Gasteiger partial charge in [0.1, 0.15) is 0 Å². The second-order valence-corrected chi connectivity index (χ2v) is 3.15. The van der Waals surface area contributed by atoms with E-state index in [0.29, 0.717) is 25.1 Å². The topological polar surface area (TPSA) is 78.9 Å². The van der Waals surface area contributed by atoms with Crippen LogP contribution in [0.3, 0.4) is 0 Å². The minimum atomic E-state index is -0.422. The number of carbonyl (C=O) groups excluding carboxylic acids is 1. The maximum absolute atomic E-state index is 10.9. The fraction of sp³-hybridized carbons (Fsp3) is 0.273. The molecule has 4 heteroatoms. The second-order valence-electron chi connectivity index (χ2n) is 3.15. The molecule has 0 saturated heterocycles. The standard InChI is InChI=1S/C11H13N3O/c12-5-2-6-14-8-9-3-1-4-10(7-9)11(13)15/h1,3-4,7,14H,2,6,8H2,(H2,13,15). The molecule has 0 aliphatic heterocycles. The van der Waals surface area contributed by atoms with Gasteiger partial charge in [-0.3, -0.25) is 4.79 Å². The molecule has 15 heavy (non-hydrogen) atoms. The zero-order valence-electron chi connectivity index (χ0n) is 8.36. The molecule has 1 aromatic rings. The van der Waals surface area contributed by atoms with Crippen LogP contribution in [0.4, 0.5) is 0 Å². The van der Waals surface area contributed by atoms with Gasteiger partial charge in [0, 0.05) is 25.1 Å². The van der Waals surface area contributed by atoms with Crippen molar-refractivity contribution in [2.75, 3.05) is 6.54 Å². The third-order valence-electron chi connectivity index (χ3n) is 1.95. The van der Waals surface area contributed by atoms with Crippen LogP contribution in [0.25, 0.3) is 0 Å². The molecular formula is C11H13N3O. The van der Waals surface area contributed by atoms with Gasteiger partial charge in [-0.05, 0) is 17.7 Å². The van der Waals surface area contributed by atoms with E-state index in [1.807, 2.05) is 12.1 Å². The van der Waals surface area contributed by atoms with Crippen LogP contribution in [0.2, 0.25) is 0 Å². The predicted molar refractivity (Wildman–Crippen MR) is 56.9 cm³/mol. The van der Waals surface area contributed by atoms with Gasteiger partial charge in [0.15, 0.2) is 0 Å². The van der Waals surface area contributed by atoms with Gasteiger partial charge in [0.05, 0.1) is 6.07 Å². The normalized spacial score (nSPS) is 9.53. The SMILES string of the molecule is N#CCCNCc1cccc(C(N)=O)c1. The molecule has 0 fully saturated rings. The number of amides is 1. The van der Waals surface area contributed by atoms with E-state index in [1.165, 1.54) is 0 Å². The summed E-state index contributed by atoms with van der Waals surface area (Å²) < 4.78 is 0. The fourth-order valence-electron chi connectivity index (χ4n) is 1.21. The third-order valence-corrected chi connectivity index (χ3v) is 1.95. The number of rotatable bonds is 5. The maximum Gasteiger partial charge on any atom is 0.248 e. The molecule has 0 aliphatic rings. The summed E-state index contributed by atoms with van der Waals surface area (Å²) in [4.78, 5) is 10.9. The zero-order chi connectivity index (χ0) is 11.1. The van der Waals surface area contributed by atoms with E-state index in [0.717, 1.165) is 5.56 Å². The highest BCUT2D eigenvalue weighted by molar-refractivity contribution is 5.92. The van der Waals surface area contributed by atoms with Crippen molar-refractivity contribution in [3.63, 3.8) is 0 Å². The number of hydrogen-bond donors (Lipinski definition) is 2. The first-order valence-electron chi connectivity index (χ1n) is 4.70. The van der Waals surface area contributed by atoms with Gasteiger partial charge < -0.3 is 11.1 Å². The van der Waals surface area contributed by atoms with E-state index in [2.05, 4.69) is 5.32 Å². The van der Waals surface area contributed by atoms with E-state index in [4.69, 9.17) is 11.0 Å². The van der Waals surface area contributed by atoms with Gasteiger partial charge >= 0.3 is 0 Å². The van der Waals surface area contributed by atoms with Crippen LogP contribution < -0.4 is 11.1 Å². The highest BCUT2D eigenvalue weighted by Gasteiger charge is 2.00. The summed E-state index contributed by atoms with van der Waals surface area (Å²) in [7, 11) is 0. The highest BCUT2D eigenvalue weighted by Crippen LogP contribution is 2.04. The van der Waals surface area contributed by atoms with Crippen LogP contribution in [0.1, 0.15) is 22.3 Å². The van der Waals surface area contributed by atoms with Gasteiger partial charge in [-0.25, -0.2) is 0 Å². The largest absolute Gasteiger partial charge is 0.366 e. The molecule has 0 spiro atoms. The number of nitrogens with one attached hydrogen (secondary N) is 1. The Morgan fingerprint density at radius 3 is 3.00 bits per heavy atom. The van der Waals surface area contributed by atoms with Gasteiger partial charge in [-0.2, -0.15) is 5.26 Å². The van der Waals surface area contributed by atoms with Crippen LogP contribution in [0, 0.1) is 11.3 Å². The molecule has 0 aliphatic carbocycles. The summed E-state index contributed by atoms with van der Waals surface area (Å²) in [6.45, 7) is 1.29. The van der Waals surface area contributed by atoms with E-state index >= 15 is 0 Å². The second kappa shape index (κ2) is 5.78. The number of primary amides is 1. The van der Waals surface area contributed by atoms with E-state index in [9.17, 15) is 4.79 Å². The Hall–Kier alpha value is -1.86. The molecule has 0 saturated carbocycles. The molecule has 4 nitrogen and oxygen atoms in total. The number of benzene rings is 1. The predicted octanol–water partition coefficient (Wildman–Crippen LogP) is 0.789. The van der Waals surface area contributed by atoms with Gasteiger partial charge in [0.2, 0.25) is 5.91 Å². The van der Waals surface area contributed by atoms with Crippen molar-refractivity contribution >= 4 is 5.91 Å². The van der Waals surface area contributed by atoms with Gasteiger partial charge in [0.25, 0.3) is 0 Å². The fourth-order valence-corrected chi connectivity index (χ4v) is 1.21. The van der Waals surface area contributed by atoms with Crippen molar-refractivity contribution in [3.05, 3.63) is 35.4 Å². The molecule has 1 amide bonds. The Bertz CT molecular complexity index is 382. The van der Waals surface area contributed by atoms with Crippen LogP contribution in [-0.4, -0.2) is 12.5 Å². The van der Waals surface area contributed by atoms with Crippen LogP contribution in [-0.2, 0) is 6.54 Å². The summed E-state index contributed by atoms with van der Waals surface area (Å²) in [5, 5.41) is 11.4. The minimum Gasteiger partial charge on any atom is -0.366 e. The zero-order valence-corrected chi connectivity index (χ0v) is 8.36. The van der Waals surface area contributed by atoms with Crippen LogP contribution in [0.5, 0.6) is 0 Å². The quantitative estimate of drug-likeness (QED) is 0.694. The molecule has 0 heterocycles. The average Bonchev–Trinajstić information content (AvgIpc) is 2.25. The Morgan fingerprint density at radius 1 is 1.53 bits per heavy atom. The van der Waals surface area contributed by atoms with Crippen molar-refractivity contribution in [2.45, 2.75) is 13.0 Å². The monoisotopic (exact) mass is 203 g/mol. The molecule has 0 bridgehead atoms. The summed E-state index contributed by atoms with van der Waals surface area (Å²) in [5.74, 6) is -0.422. The molecular weight excluding hydrogens is 190 g/mol. The molecule has 0 atom stereocenters. The maximum atomic E-state index is 10.9. The lowest BCUT2D eigenvalue weighted by Crippen LogP contribution is -2.15. The van der Waals surface area contributed by atoms with Gasteiger partial charge in [-0.1, -0.05) is 12.1 Å². The van der Waals surface area contributed by atoms with E-state index < -0.39 is 5.91 Å². The van der Waals surface area contributed by atoms with Crippen molar-refractivity contribution in [3.8, 4) is 6.07 Å². The third kappa shape index (κ3) is 3.79. The first-order chi connectivity index (χ1) is 7.24. The van der Waals surface area contributed by atoms with Crippen molar-refractivity contribution in [1.82, 2.24) is 5.32 Å². The van der Waals surface area contributed by atoms with Gasteiger partial charge in [-0.15, -0.1) is 0 Å². The Labute approximate surface area is 88.7 Å². The van der Waals surface area contributed by atoms with Crippen LogP contribution in [0.15, 0.2) is 24.3 Å². The summed E-state index contributed by atoms with van der Waals surface area (Å²) in [5.41, 5.74) is 6.66. The van der Waals surface area contributed by atoms with Crippen LogP contribution >= 0.6 is 0 Å². The number of nitriles is 1. The smallest absolute Gasteiger partial charge is 0.248 e. The average molecular weight is 203 g/mol. The summed E-state index contributed by atoms with van der Waals surface area (Å²) in [6, 6.07) is 9.18. The molecule has 1 aromatic carbocycles. The number of nitrogens with two attached hydrogens (primary N) is 1. The number of nitrogens with zero attached hydrogens (tertiary/aromatic N) is 1. The molecule has 3 N–H and O–H groups in total. The Kier molecular flexibility index (Phi) is 4.32. The lowest BCUT2D eigenvalue weighted by atomic mass is 10.1. The molecule has 78 valence electrons. The van der Waals surface area contributed by atoms with E-state index in [1.54, 1.807) is 18.2 Å². The van der Waals surface area contributed by atoms with E-state index in [-0.39, 0.29) is 0 Å². The highest BCUT2D eigenvalue weighted by atomic mass is 16.1. The Balaban J connectivity index is 2.51. The number of carbonyl (C=O) groups is 1. The molecule has 0 aromatic heterocycles. The molecule has 1 rings (SSSR count). The van der Waals surface area contributed by atoms with Crippen molar-refractivity contribution in [1.29, 1.82) is 5.26 Å². The van der Waals surface area contributed by atoms with Crippen molar-refractivity contribution in [2.24, 2.45) is 5.73 Å². The minimum absolute atomic E-state index is 0.422. The van der Waals surface area contributed by atoms with Crippen molar-refractivity contribution < 1.29 is 4.79 Å². The summed E-state index contributed by atoms with van der Waals surface area (Å²) >= 11 is 0. The lowest BCUT2D eigenvalue weighted by molar-refractivity contribution is 0.1000. The summed E-state index contributed by atoms with van der Waals surface area (Å²) in [6.07, 6.45) is 0.482. The lowest BCUT2D eigenvalue weighted by Gasteiger charge is -2.03. The molecule has 0 unspecified atom stereocenters.